The maximum atomic E-state index is 13.8. The van der Waals surface area contributed by atoms with Crippen LogP contribution in [0.2, 0.25) is 0 Å². The van der Waals surface area contributed by atoms with Crippen LogP contribution in [0.3, 0.4) is 0 Å². The minimum absolute atomic E-state index is 0.00110. The molecule has 4 rings (SSSR count). The average molecular weight is 557 g/mol. The number of hydrogen-bond donors (Lipinski definition) is 4. The van der Waals surface area contributed by atoms with Gasteiger partial charge in [0.15, 0.2) is 5.96 Å². The number of nitrogens with zero attached hydrogens (tertiary/aromatic N) is 2. The van der Waals surface area contributed by atoms with Crippen LogP contribution in [0.15, 0.2) is 90.4 Å². The van der Waals surface area contributed by atoms with Gasteiger partial charge in [-0.1, -0.05) is 66.7 Å². The Hall–Kier alpha value is -4.21. The summed E-state index contributed by atoms with van der Waals surface area (Å²) >= 11 is 0. The Morgan fingerprint density at radius 1 is 1.12 bits per heavy atom. The summed E-state index contributed by atoms with van der Waals surface area (Å²) in [5.41, 5.74) is 12.6. The number of rotatable bonds is 13. The van der Waals surface area contributed by atoms with Gasteiger partial charge in [-0.05, 0) is 47.7 Å². The van der Waals surface area contributed by atoms with E-state index in [1.165, 1.54) is 0 Å². The van der Waals surface area contributed by atoms with E-state index in [-0.39, 0.29) is 29.9 Å². The van der Waals surface area contributed by atoms with Gasteiger partial charge in [-0.25, -0.2) is 0 Å². The molecule has 3 unspecified atom stereocenters. The van der Waals surface area contributed by atoms with Crippen LogP contribution in [0.25, 0.3) is 10.8 Å². The number of nitrogens with one attached hydrogen (secondary N) is 2. The minimum atomic E-state index is -0.440. The molecule has 2 amide bonds. The van der Waals surface area contributed by atoms with E-state index in [4.69, 9.17) is 16.2 Å². The van der Waals surface area contributed by atoms with Gasteiger partial charge in [0.2, 0.25) is 5.91 Å². The number of aliphatic imine (C=N–C) groups is 1. The smallest absolute Gasteiger partial charge is 0.251 e. The SMILES string of the molecule is C=CCOC(CN1CCC(CNC(=O)c2ccc3ccccc3c2)NC(CCCN=C(N)N)C1=O)c1ccccc1. The Morgan fingerprint density at radius 2 is 1.88 bits per heavy atom. The zero-order chi connectivity index (χ0) is 29.0. The number of carbonyl (C=O) groups excluding carboxylic acids is 2. The number of fused-ring (bicyclic) bond motifs is 1. The number of hydrogen-bond acceptors (Lipinski definition) is 5. The Bertz CT molecular complexity index is 1340. The van der Waals surface area contributed by atoms with E-state index in [0.717, 1.165) is 16.3 Å². The summed E-state index contributed by atoms with van der Waals surface area (Å²) in [7, 11) is 0. The Morgan fingerprint density at radius 3 is 2.63 bits per heavy atom. The van der Waals surface area contributed by atoms with Gasteiger partial charge in [0.05, 0.1) is 19.2 Å². The largest absolute Gasteiger partial charge is 0.370 e. The molecule has 1 heterocycles. The highest BCUT2D eigenvalue weighted by Crippen LogP contribution is 2.22. The maximum Gasteiger partial charge on any atom is 0.251 e. The molecule has 9 nitrogen and oxygen atoms in total. The number of guanidine groups is 1. The summed E-state index contributed by atoms with van der Waals surface area (Å²) in [6.07, 6.45) is 3.30. The highest BCUT2D eigenvalue weighted by atomic mass is 16.5. The van der Waals surface area contributed by atoms with Gasteiger partial charge in [0.1, 0.15) is 6.10 Å². The first kappa shape index (κ1) is 29.8. The van der Waals surface area contributed by atoms with E-state index >= 15 is 0 Å². The zero-order valence-corrected chi connectivity index (χ0v) is 23.4. The van der Waals surface area contributed by atoms with E-state index in [1.54, 1.807) is 6.08 Å². The van der Waals surface area contributed by atoms with Crippen LogP contribution in [0.5, 0.6) is 0 Å². The molecule has 1 saturated heterocycles. The molecule has 41 heavy (non-hydrogen) atoms. The molecule has 0 bridgehead atoms. The third-order valence-corrected chi connectivity index (χ3v) is 7.23. The highest BCUT2D eigenvalue weighted by Gasteiger charge is 2.32. The molecule has 0 saturated carbocycles. The second-order valence-corrected chi connectivity index (χ2v) is 10.2. The third kappa shape index (κ3) is 8.64. The van der Waals surface area contributed by atoms with E-state index in [2.05, 4.69) is 22.2 Å². The van der Waals surface area contributed by atoms with Crippen LogP contribution < -0.4 is 22.1 Å². The van der Waals surface area contributed by atoms with Crippen LogP contribution in [0, 0.1) is 0 Å². The van der Waals surface area contributed by atoms with Crippen molar-refractivity contribution in [2.24, 2.45) is 16.5 Å². The molecule has 1 fully saturated rings. The lowest BCUT2D eigenvalue weighted by molar-refractivity contribution is -0.134. The lowest BCUT2D eigenvalue weighted by atomic mass is 10.1. The number of carbonyl (C=O) groups is 2. The number of amides is 2. The first-order valence-electron chi connectivity index (χ1n) is 14.1. The summed E-state index contributed by atoms with van der Waals surface area (Å²) in [4.78, 5) is 32.7. The van der Waals surface area contributed by atoms with Gasteiger partial charge >= 0.3 is 0 Å². The standard InChI is InChI=1S/C32H40N6O3/c1-2-19-41-29(24-10-4-3-5-11-24)22-38-18-16-27(37-28(31(38)40)13-8-17-35-32(33)34)21-36-30(39)26-15-14-23-9-6-7-12-25(23)20-26/h2-7,9-12,14-15,20,27-29,37H,1,8,13,16-19,21-22H2,(H,36,39)(H4,33,34,35). The maximum absolute atomic E-state index is 13.8. The molecular formula is C32H40N6O3. The second-order valence-electron chi connectivity index (χ2n) is 10.2. The van der Waals surface area contributed by atoms with Gasteiger partial charge in [0.25, 0.3) is 5.91 Å². The first-order chi connectivity index (χ1) is 19.9. The molecule has 1 aliphatic rings. The van der Waals surface area contributed by atoms with Crippen molar-refractivity contribution in [3.63, 3.8) is 0 Å². The number of ether oxygens (including phenoxy) is 1. The number of benzene rings is 3. The minimum Gasteiger partial charge on any atom is -0.370 e. The molecule has 0 aliphatic carbocycles. The van der Waals surface area contributed by atoms with Gasteiger partial charge in [-0.2, -0.15) is 0 Å². The summed E-state index contributed by atoms with van der Waals surface area (Å²) in [5, 5.41) is 8.67. The lowest BCUT2D eigenvalue weighted by Crippen LogP contribution is -2.49. The van der Waals surface area contributed by atoms with Crippen molar-refractivity contribution >= 4 is 28.5 Å². The molecule has 6 N–H and O–H groups in total. The van der Waals surface area contributed by atoms with Crippen molar-refractivity contribution in [3.8, 4) is 0 Å². The zero-order valence-electron chi connectivity index (χ0n) is 23.4. The first-order valence-corrected chi connectivity index (χ1v) is 14.1. The topological polar surface area (TPSA) is 135 Å². The molecule has 0 aromatic heterocycles. The van der Waals surface area contributed by atoms with Crippen molar-refractivity contribution in [3.05, 3.63) is 96.6 Å². The molecular weight excluding hydrogens is 516 g/mol. The van der Waals surface area contributed by atoms with Crippen LogP contribution in [-0.2, 0) is 9.53 Å². The van der Waals surface area contributed by atoms with Crippen LogP contribution >= 0.6 is 0 Å². The summed E-state index contributed by atoms with van der Waals surface area (Å²) in [6.45, 7) is 5.94. The van der Waals surface area contributed by atoms with Crippen molar-refractivity contribution in [2.75, 3.05) is 32.8 Å². The molecule has 3 aromatic rings. The van der Waals surface area contributed by atoms with E-state index in [1.807, 2.05) is 77.7 Å². The Labute approximate surface area is 241 Å². The van der Waals surface area contributed by atoms with Crippen molar-refractivity contribution < 1.29 is 14.3 Å². The molecule has 216 valence electrons. The molecule has 1 aliphatic heterocycles. The molecule has 0 spiro atoms. The van der Waals surface area contributed by atoms with Gasteiger partial charge in [-0.15, -0.1) is 6.58 Å². The molecule has 9 heteroatoms. The third-order valence-electron chi connectivity index (χ3n) is 7.23. The van der Waals surface area contributed by atoms with Crippen LogP contribution in [0.4, 0.5) is 0 Å². The van der Waals surface area contributed by atoms with Gasteiger partial charge in [0, 0.05) is 31.2 Å². The van der Waals surface area contributed by atoms with E-state index in [0.29, 0.717) is 57.6 Å². The summed E-state index contributed by atoms with van der Waals surface area (Å²) in [5.74, 6) is -0.108. The van der Waals surface area contributed by atoms with Gasteiger partial charge in [-0.3, -0.25) is 14.6 Å². The summed E-state index contributed by atoms with van der Waals surface area (Å²) in [6, 6.07) is 23.0. The average Bonchev–Trinajstić information content (AvgIpc) is 3.14. The summed E-state index contributed by atoms with van der Waals surface area (Å²) < 4.78 is 6.08. The molecule has 3 atom stereocenters. The highest BCUT2D eigenvalue weighted by molar-refractivity contribution is 5.98. The molecule has 0 radical (unpaired) electrons. The molecule has 3 aromatic carbocycles. The van der Waals surface area contributed by atoms with Crippen molar-refractivity contribution in [1.82, 2.24) is 15.5 Å². The van der Waals surface area contributed by atoms with Crippen LogP contribution in [-0.4, -0.2) is 67.5 Å². The lowest BCUT2D eigenvalue weighted by Gasteiger charge is -2.29. The van der Waals surface area contributed by atoms with Crippen molar-refractivity contribution in [2.45, 2.75) is 37.5 Å². The Balaban J connectivity index is 1.45. The quantitative estimate of drug-likeness (QED) is 0.111. The van der Waals surface area contributed by atoms with Gasteiger partial charge < -0.3 is 31.7 Å². The predicted molar refractivity (Wildman–Crippen MR) is 163 cm³/mol. The van der Waals surface area contributed by atoms with E-state index < -0.39 is 6.04 Å². The monoisotopic (exact) mass is 556 g/mol. The van der Waals surface area contributed by atoms with E-state index in [9.17, 15) is 9.59 Å². The number of nitrogens with two attached hydrogens (primary N) is 2. The predicted octanol–water partition coefficient (Wildman–Crippen LogP) is 3.13. The van der Waals surface area contributed by atoms with Crippen molar-refractivity contribution in [1.29, 1.82) is 0 Å². The Kier molecular flexibility index (Phi) is 10.9. The second kappa shape index (κ2) is 15.0. The normalized spacial score (nSPS) is 18.0. The van der Waals surface area contributed by atoms with Crippen LogP contribution in [0.1, 0.15) is 41.3 Å². The fourth-order valence-corrected chi connectivity index (χ4v) is 5.09. The fourth-order valence-electron chi connectivity index (χ4n) is 5.09. The fraction of sp³-hybridized carbons (Fsp3) is 0.344.